The first-order valence-electron chi connectivity index (χ1n) is 7.80. The quantitative estimate of drug-likeness (QED) is 0.348. The molecule has 0 aromatic heterocycles. The summed E-state index contributed by atoms with van der Waals surface area (Å²) >= 11 is 0. The molecule has 0 unspecified atom stereocenters. The maximum atomic E-state index is 2.20. The summed E-state index contributed by atoms with van der Waals surface area (Å²) in [6.07, 6.45) is 0. The largest absolute Gasteiger partial charge is 0.165 e. The minimum Gasteiger partial charge on any atom is -0.165 e. The van der Waals surface area contributed by atoms with Crippen molar-refractivity contribution in [3.05, 3.63) is 103 Å². The summed E-state index contributed by atoms with van der Waals surface area (Å²) in [5, 5.41) is 5.49. The van der Waals surface area contributed by atoms with Crippen molar-refractivity contribution < 1.29 is 26.2 Å². The Balaban J connectivity index is 0.000000172. The van der Waals surface area contributed by atoms with Crippen LogP contribution >= 0.6 is 0 Å². The summed E-state index contributed by atoms with van der Waals surface area (Å²) in [6, 6.07) is 34.0. The Bertz CT molecular complexity index is 780. The van der Waals surface area contributed by atoms with Crippen LogP contribution in [-0.4, -0.2) is 9.52 Å². The first-order valence-corrected chi connectivity index (χ1v) is 8.80. The maximum absolute atomic E-state index is 2.20. The van der Waals surface area contributed by atoms with Crippen molar-refractivity contribution in [2.45, 2.75) is 6.92 Å². The Morgan fingerprint density at radius 3 is 1.71 bits per heavy atom. The molecule has 2 radical (unpaired) electrons. The average molecular weight is 403 g/mol. The van der Waals surface area contributed by atoms with Gasteiger partial charge in [0.05, 0.1) is 0 Å². The molecule has 4 rings (SSSR count). The molecule has 0 aliphatic rings. The van der Waals surface area contributed by atoms with Gasteiger partial charge in [0.15, 0.2) is 0 Å². The number of hydrogen-bond acceptors (Lipinski definition) is 0. The molecule has 4 aromatic carbocycles. The van der Waals surface area contributed by atoms with E-state index in [9.17, 15) is 0 Å². The van der Waals surface area contributed by atoms with Crippen LogP contribution in [0.5, 0.6) is 0 Å². The van der Waals surface area contributed by atoms with Gasteiger partial charge in [0, 0.05) is 26.2 Å². The predicted molar refractivity (Wildman–Crippen MR) is 102 cm³/mol. The van der Waals surface area contributed by atoms with E-state index in [1.54, 1.807) is 0 Å². The van der Waals surface area contributed by atoms with Crippen LogP contribution in [0.15, 0.2) is 97.1 Å². The summed E-state index contributed by atoms with van der Waals surface area (Å²) in [7, 11) is 0.777. The van der Waals surface area contributed by atoms with E-state index in [2.05, 4.69) is 104 Å². The third-order valence-electron chi connectivity index (χ3n) is 3.60. The molecule has 116 valence electrons. The minimum atomic E-state index is 0. The first-order chi connectivity index (χ1) is 11.3. The Labute approximate surface area is 165 Å². The molecule has 24 heavy (non-hydrogen) atoms. The standard InChI is InChI=1S/C12H10Si.C10H9.Zr/c1-3-7-11(8-4-1)13-12-9-5-2-6-10-12;1-8-6-9-4-2-3-5-10(9)7-8;/h1-10H;2-7H,1H3;/q;-1;. The van der Waals surface area contributed by atoms with Gasteiger partial charge in [-0.1, -0.05) is 84.0 Å². The molecule has 4 aromatic rings. The molecule has 0 aliphatic carbocycles. The monoisotopic (exact) mass is 401 g/mol. The molecule has 0 bridgehead atoms. The first kappa shape index (κ1) is 18.7. The van der Waals surface area contributed by atoms with Crippen LogP contribution in [-0.2, 0) is 26.2 Å². The molecule has 0 nitrogen and oxygen atoms in total. The Morgan fingerprint density at radius 2 is 1.17 bits per heavy atom. The van der Waals surface area contributed by atoms with E-state index < -0.39 is 0 Å². The van der Waals surface area contributed by atoms with Crippen LogP contribution in [0.2, 0.25) is 0 Å². The molecule has 0 aliphatic heterocycles. The van der Waals surface area contributed by atoms with E-state index in [0.717, 1.165) is 9.52 Å². The van der Waals surface area contributed by atoms with Gasteiger partial charge in [-0.05, 0) is 0 Å². The van der Waals surface area contributed by atoms with Gasteiger partial charge in [0.25, 0.3) is 0 Å². The molecule has 0 fully saturated rings. The number of fused-ring (bicyclic) bond motifs is 1. The van der Waals surface area contributed by atoms with Crippen molar-refractivity contribution in [3.63, 3.8) is 0 Å². The molecular formula is C22H19SiZr-. The van der Waals surface area contributed by atoms with Crippen molar-refractivity contribution in [3.8, 4) is 0 Å². The van der Waals surface area contributed by atoms with Gasteiger partial charge in [0.2, 0.25) is 0 Å². The van der Waals surface area contributed by atoms with E-state index in [1.807, 2.05) is 0 Å². The van der Waals surface area contributed by atoms with E-state index >= 15 is 0 Å². The summed E-state index contributed by atoms with van der Waals surface area (Å²) in [6.45, 7) is 2.12. The predicted octanol–water partition coefficient (Wildman–Crippen LogP) is 4.21. The number of hydrogen-bond donors (Lipinski definition) is 0. The summed E-state index contributed by atoms with van der Waals surface area (Å²) < 4.78 is 0. The molecule has 0 amide bonds. The van der Waals surface area contributed by atoms with Gasteiger partial charge >= 0.3 is 0 Å². The maximum Gasteiger partial charge on any atom is 0.121 e. The van der Waals surface area contributed by atoms with Gasteiger partial charge in [-0.3, -0.25) is 0 Å². The molecule has 0 saturated heterocycles. The fourth-order valence-corrected chi connectivity index (χ4v) is 3.57. The van der Waals surface area contributed by atoms with E-state index in [1.165, 1.54) is 26.7 Å². The third-order valence-corrected chi connectivity index (χ3v) is 4.84. The van der Waals surface area contributed by atoms with Crippen LogP contribution < -0.4 is 10.4 Å². The average Bonchev–Trinajstić information content (AvgIpc) is 2.97. The van der Waals surface area contributed by atoms with E-state index in [0.29, 0.717) is 0 Å². The molecular weight excluding hydrogens is 384 g/mol. The zero-order valence-corrected chi connectivity index (χ0v) is 17.2. The van der Waals surface area contributed by atoms with Gasteiger partial charge in [-0.2, -0.15) is 6.07 Å². The fraction of sp³-hybridized carbons (Fsp3) is 0.0455. The second-order valence-electron chi connectivity index (χ2n) is 5.52. The van der Waals surface area contributed by atoms with Crippen LogP contribution in [0.4, 0.5) is 0 Å². The Morgan fingerprint density at radius 1 is 0.667 bits per heavy atom. The van der Waals surface area contributed by atoms with Crippen molar-refractivity contribution in [2.24, 2.45) is 0 Å². The van der Waals surface area contributed by atoms with E-state index in [4.69, 9.17) is 0 Å². The SMILES string of the molecule is Cc1cc2ccccc2[cH-]1.[Zr].c1ccc([Si]c2ccccc2)cc1. The number of benzene rings is 3. The Kier molecular flexibility index (Phi) is 7.49. The van der Waals surface area contributed by atoms with Crippen molar-refractivity contribution in [1.29, 1.82) is 0 Å². The van der Waals surface area contributed by atoms with Crippen LogP contribution in [0.3, 0.4) is 0 Å². The normalized spacial score (nSPS) is 9.71. The molecule has 2 heteroatoms. The van der Waals surface area contributed by atoms with Gasteiger partial charge < -0.3 is 0 Å². The second kappa shape index (κ2) is 9.61. The number of rotatable bonds is 2. The van der Waals surface area contributed by atoms with Crippen molar-refractivity contribution >= 4 is 30.7 Å². The molecule has 0 N–H and O–H groups in total. The van der Waals surface area contributed by atoms with Gasteiger partial charge in [0.1, 0.15) is 9.52 Å². The smallest absolute Gasteiger partial charge is 0.121 e. The third kappa shape index (κ3) is 5.47. The summed E-state index contributed by atoms with van der Waals surface area (Å²) in [4.78, 5) is 0. The van der Waals surface area contributed by atoms with Crippen LogP contribution in [0.25, 0.3) is 10.8 Å². The zero-order valence-electron chi connectivity index (χ0n) is 13.7. The molecule has 0 saturated carbocycles. The zero-order chi connectivity index (χ0) is 15.9. The molecule has 0 spiro atoms. The van der Waals surface area contributed by atoms with Crippen LogP contribution in [0, 0.1) is 6.92 Å². The van der Waals surface area contributed by atoms with Crippen molar-refractivity contribution in [2.75, 3.05) is 0 Å². The van der Waals surface area contributed by atoms with Gasteiger partial charge in [-0.15, -0.1) is 40.6 Å². The fourth-order valence-electron chi connectivity index (χ4n) is 2.52. The topological polar surface area (TPSA) is 0 Å². The minimum absolute atomic E-state index is 0. The summed E-state index contributed by atoms with van der Waals surface area (Å²) in [5.74, 6) is 0. The Hall–Kier alpha value is -1.63. The summed E-state index contributed by atoms with van der Waals surface area (Å²) in [5.41, 5.74) is 1.35. The number of aryl methyl sites for hydroxylation is 1. The molecule has 0 heterocycles. The second-order valence-corrected chi connectivity index (χ2v) is 6.92. The van der Waals surface area contributed by atoms with Crippen molar-refractivity contribution in [1.82, 2.24) is 0 Å². The molecule has 0 atom stereocenters. The van der Waals surface area contributed by atoms with Gasteiger partial charge in [-0.25, -0.2) is 0 Å². The van der Waals surface area contributed by atoms with Crippen LogP contribution in [0.1, 0.15) is 5.56 Å². The van der Waals surface area contributed by atoms with E-state index in [-0.39, 0.29) is 26.2 Å².